The van der Waals surface area contributed by atoms with Crippen molar-refractivity contribution < 1.29 is 5.11 Å². The molecule has 1 rings (SSSR count). The minimum atomic E-state index is -0.0174. The highest BCUT2D eigenvalue weighted by Gasteiger charge is 2.17. The van der Waals surface area contributed by atoms with Crippen molar-refractivity contribution in [3.8, 4) is 0 Å². The molecule has 0 aromatic heterocycles. The summed E-state index contributed by atoms with van der Waals surface area (Å²) in [6.07, 6.45) is 0.975. The summed E-state index contributed by atoms with van der Waals surface area (Å²) in [4.78, 5) is 0. The largest absolute Gasteiger partial charge is 0.393 e. The molecule has 48 valence electrons. The van der Waals surface area contributed by atoms with Crippen molar-refractivity contribution in [2.75, 3.05) is 11.5 Å². The summed E-state index contributed by atoms with van der Waals surface area (Å²) in [5, 5.41) is 9.16. The first kappa shape index (κ1) is 6.43. The second kappa shape index (κ2) is 2.74. The predicted octanol–water partition coefficient (Wildman–Crippen LogP) is 1.12. The van der Waals surface area contributed by atoms with Gasteiger partial charge in [0.1, 0.15) is 0 Å². The van der Waals surface area contributed by atoms with Crippen LogP contribution < -0.4 is 0 Å². The highest BCUT2D eigenvalue weighted by molar-refractivity contribution is 7.99. The van der Waals surface area contributed by atoms with Crippen molar-refractivity contribution in [2.24, 2.45) is 5.92 Å². The molecule has 0 bridgehead atoms. The van der Waals surface area contributed by atoms with Gasteiger partial charge in [-0.25, -0.2) is 0 Å². The summed E-state index contributed by atoms with van der Waals surface area (Å²) in [6, 6.07) is 0. The van der Waals surface area contributed by atoms with Gasteiger partial charge in [-0.05, 0) is 23.8 Å². The Morgan fingerprint density at radius 3 is 2.75 bits per heavy atom. The molecular formula is C6H12OS. The van der Waals surface area contributed by atoms with E-state index in [1.165, 1.54) is 0 Å². The van der Waals surface area contributed by atoms with E-state index in [0.29, 0.717) is 5.92 Å². The Labute approximate surface area is 54.5 Å². The van der Waals surface area contributed by atoms with Crippen LogP contribution in [0.5, 0.6) is 0 Å². The van der Waals surface area contributed by atoms with Crippen molar-refractivity contribution >= 4 is 11.8 Å². The van der Waals surface area contributed by atoms with Gasteiger partial charge >= 0.3 is 0 Å². The number of aliphatic hydroxyl groups excluding tert-OH is 1. The van der Waals surface area contributed by atoms with Gasteiger partial charge in [-0.2, -0.15) is 11.8 Å². The average Bonchev–Trinajstić information content (AvgIpc) is 1.77. The molecule has 0 radical (unpaired) electrons. The zero-order valence-corrected chi connectivity index (χ0v) is 5.95. The number of aliphatic hydroxyl groups is 1. The van der Waals surface area contributed by atoms with Gasteiger partial charge in [-0.15, -0.1) is 0 Å². The van der Waals surface area contributed by atoms with Crippen molar-refractivity contribution in [3.63, 3.8) is 0 Å². The van der Waals surface area contributed by atoms with Gasteiger partial charge in [0.15, 0.2) is 0 Å². The molecule has 1 aliphatic heterocycles. The highest BCUT2D eigenvalue weighted by atomic mass is 32.2. The maximum atomic E-state index is 9.16. The lowest BCUT2D eigenvalue weighted by molar-refractivity contribution is 0.121. The van der Waals surface area contributed by atoms with Crippen LogP contribution in [0.2, 0.25) is 0 Å². The second-order valence-corrected chi connectivity index (χ2v) is 3.56. The van der Waals surface area contributed by atoms with Crippen LogP contribution in [-0.2, 0) is 0 Å². The molecule has 2 atom stereocenters. The smallest absolute Gasteiger partial charge is 0.0581 e. The van der Waals surface area contributed by atoms with Crippen molar-refractivity contribution in [1.82, 2.24) is 0 Å². The van der Waals surface area contributed by atoms with E-state index in [0.717, 1.165) is 17.9 Å². The molecule has 2 heteroatoms. The number of thioether (sulfide) groups is 1. The van der Waals surface area contributed by atoms with Gasteiger partial charge in [0.25, 0.3) is 0 Å². The summed E-state index contributed by atoms with van der Waals surface area (Å²) >= 11 is 1.95. The van der Waals surface area contributed by atoms with Gasteiger partial charge in [-0.3, -0.25) is 0 Å². The fraction of sp³-hybridized carbons (Fsp3) is 1.00. The second-order valence-electron chi connectivity index (χ2n) is 2.41. The molecule has 0 saturated carbocycles. The molecule has 8 heavy (non-hydrogen) atoms. The fourth-order valence-corrected chi connectivity index (χ4v) is 2.04. The van der Waals surface area contributed by atoms with E-state index in [4.69, 9.17) is 5.11 Å². The Kier molecular flexibility index (Phi) is 2.20. The Morgan fingerprint density at radius 2 is 2.38 bits per heavy atom. The van der Waals surface area contributed by atoms with Crippen LogP contribution in [-0.4, -0.2) is 22.7 Å². The number of hydrogen-bond donors (Lipinski definition) is 1. The fourth-order valence-electron chi connectivity index (χ4n) is 0.869. The Hall–Kier alpha value is 0.310. The molecular weight excluding hydrogens is 120 g/mol. The van der Waals surface area contributed by atoms with Gasteiger partial charge < -0.3 is 5.11 Å². The first-order valence-corrected chi connectivity index (χ1v) is 4.22. The summed E-state index contributed by atoms with van der Waals surface area (Å²) in [5.41, 5.74) is 0. The number of hydrogen-bond acceptors (Lipinski definition) is 2. The van der Waals surface area contributed by atoms with E-state index in [1.807, 2.05) is 11.8 Å². The van der Waals surface area contributed by atoms with Crippen molar-refractivity contribution in [3.05, 3.63) is 0 Å². The Balaban J connectivity index is 2.28. The van der Waals surface area contributed by atoms with Crippen LogP contribution in [0.3, 0.4) is 0 Å². The molecule has 0 amide bonds. The summed E-state index contributed by atoms with van der Waals surface area (Å²) in [6.45, 7) is 2.11. The number of rotatable bonds is 0. The summed E-state index contributed by atoms with van der Waals surface area (Å²) in [5.74, 6) is 2.81. The maximum Gasteiger partial charge on any atom is 0.0581 e. The third kappa shape index (κ3) is 1.39. The first-order valence-electron chi connectivity index (χ1n) is 3.06. The lowest BCUT2D eigenvalue weighted by Crippen LogP contribution is -2.24. The minimum Gasteiger partial charge on any atom is -0.393 e. The highest BCUT2D eigenvalue weighted by Crippen LogP contribution is 2.21. The predicted molar refractivity (Wildman–Crippen MR) is 37.1 cm³/mol. The lowest BCUT2D eigenvalue weighted by Gasteiger charge is -2.22. The van der Waals surface area contributed by atoms with Crippen LogP contribution in [0.4, 0.5) is 0 Å². The maximum absolute atomic E-state index is 9.16. The third-order valence-corrected chi connectivity index (χ3v) is 2.88. The van der Waals surface area contributed by atoms with Crippen LogP contribution >= 0.6 is 11.8 Å². The van der Waals surface area contributed by atoms with E-state index < -0.39 is 0 Å². The van der Waals surface area contributed by atoms with Crippen molar-refractivity contribution in [1.29, 1.82) is 0 Å². The molecule has 0 aromatic rings. The minimum absolute atomic E-state index is 0.0174. The summed E-state index contributed by atoms with van der Waals surface area (Å²) in [7, 11) is 0. The zero-order valence-electron chi connectivity index (χ0n) is 5.13. The Bertz CT molecular complexity index is 64.9. The Morgan fingerprint density at radius 1 is 1.62 bits per heavy atom. The van der Waals surface area contributed by atoms with E-state index in [1.54, 1.807) is 0 Å². The molecule has 1 aliphatic rings. The molecule has 1 N–H and O–H groups in total. The van der Waals surface area contributed by atoms with Gasteiger partial charge in [0.05, 0.1) is 6.10 Å². The molecule has 2 unspecified atom stereocenters. The van der Waals surface area contributed by atoms with Gasteiger partial charge in [-0.1, -0.05) is 6.92 Å². The topological polar surface area (TPSA) is 20.2 Å². The molecule has 0 aromatic carbocycles. The summed E-state index contributed by atoms with van der Waals surface area (Å²) < 4.78 is 0. The monoisotopic (exact) mass is 132 g/mol. The molecule has 1 saturated heterocycles. The SMILES string of the molecule is CC1CSCCC1O. The molecule has 0 spiro atoms. The van der Waals surface area contributed by atoms with E-state index in [-0.39, 0.29) is 6.10 Å². The van der Waals surface area contributed by atoms with Crippen LogP contribution in [0.1, 0.15) is 13.3 Å². The van der Waals surface area contributed by atoms with E-state index in [9.17, 15) is 0 Å². The zero-order chi connectivity index (χ0) is 5.98. The molecule has 0 aliphatic carbocycles. The molecule has 1 nitrogen and oxygen atoms in total. The van der Waals surface area contributed by atoms with Gasteiger partial charge in [0.2, 0.25) is 0 Å². The first-order chi connectivity index (χ1) is 3.80. The third-order valence-electron chi connectivity index (χ3n) is 1.60. The standard InChI is InChI=1S/C6H12OS/c1-5-4-8-3-2-6(5)7/h5-7H,2-4H2,1H3. The van der Waals surface area contributed by atoms with Gasteiger partial charge in [0, 0.05) is 0 Å². The quantitative estimate of drug-likeness (QED) is 0.533. The molecule has 1 heterocycles. The normalized spacial score (nSPS) is 39.8. The average molecular weight is 132 g/mol. The van der Waals surface area contributed by atoms with E-state index in [2.05, 4.69) is 6.92 Å². The van der Waals surface area contributed by atoms with Crippen molar-refractivity contribution in [2.45, 2.75) is 19.4 Å². The molecule has 1 fully saturated rings. The van der Waals surface area contributed by atoms with Crippen LogP contribution in [0.25, 0.3) is 0 Å². The lowest BCUT2D eigenvalue weighted by atomic mass is 10.1. The van der Waals surface area contributed by atoms with E-state index >= 15 is 0 Å². The van der Waals surface area contributed by atoms with Crippen LogP contribution in [0.15, 0.2) is 0 Å². The van der Waals surface area contributed by atoms with Crippen LogP contribution in [0, 0.1) is 5.92 Å².